The molecule has 2 rings (SSSR count). The van der Waals surface area contributed by atoms with Crippen LogP contribution in [0.4, 0.5) is 0 Å². The van der Waals surface area contributed by atoms with Crippen LogP contribution < -0.4 is 0 Å². The second kappa shape index (κ2) is 5.42. The fourth-order valence-corrected chi connectivity index (χ4v) is 3.74. The van der Waals surface area contributed by atoms with Gasteiger partial charge < -0.3 is 4.42 Å². The fraction of sp³-hybridized carbons (Fsp3) is 0.667. The van der Waals surface area contributed by atoms with Crippen molar-refractivity contribution in [2.24, 2.45) is 5.92 Å². The molecule has 0 saturated carbocycles. The second-order valence-corrected chi connectivity index (χ2v) is 6.98. The van der Waals surface area contributed by atoms with Gasteiger partial charge in [0.1, 0.15) is 5.76 Å². The molecule has 102 valence electrons. The van der Waals surface area contributed by atoms with Crippen LogP contribution in [0, 0.1) is 5.92 Å². The minimum Gasteiger partial charge on any atom is -0.468 e. The Bertz CT molecular complexity index is 470. The second-order valence-electron chi connectivity index (χ2n) is 4.95. The molecule has 6 heteroatoms. The van der Waals surface area contributed by atoms with Gasteiger partial charge in [-0.3, -0.25) is 0 Å². The predicted molar refractivity (Wildman–Crippen MR) is 69.1 cm³/mol. The van der Waals surface area contributed by atoms with Gasteiger partial charge in [-0.05, 0) is 30.9 Å². The number of nitrogens with zero attached hydrogens (tertiary/aromatic N) is 2. The van der Waals surface area contributed by atoms with Gasteiger partial charge in [-0.1, -0.05) is 6.92 Å². The summed E-state index contributed by atoms with van der Waals surface area (Å²) in [6, 6.07) is 3.55. The van der Waals surface area contributed by atoms with Crippen LogP contribution in [0.5, 0.6) is 0 Å². The van der Waals surface area contributed by atoms with E-state index in [0.717, 1.165) is 12.8 Å². The highest BCUT2D eigenvalue weighted by Gasteiger charge is 2.30. The number of piperidine rings is 1. The molecule has 0 aliphatic carbocycles. The Labute approximate surface area is 109 Å². The van der Waals surface area contributed by atoms with Crippen molar-refractivity contribution >= 4 is 10.2 Å². The first-order valence-corrected chi connectivity index (χ1v) is 7.63. The zero-order chi connectivity index (χ0) is 13.2. The van der Waals surface area contributed by atoms with Gasteiger partial charge in [-0.15, -0.1) is 0 Å². The van der Waals surface area contributed by atoms with Gasteiger partial charge in [-0.2, -0.15) is 17.0 Å². The van der Waals surface area contributed by atoms with Crippen LogP contribution in [0.3, 0.4) is 0 Å². The van der Waals surface area contributed by atoms with E-state index in [2.05, 4.69) is 6.92 Å². The van der Waals surface area contributed by atoms with Gasteiger partial charge in [0, 0.05) is 20.1 Å². The van der Waals surface area contributed by atoms with Crippen molar-refractivity contribution in [3.8, 4) is 0 Å². The lowest BCUT2D eigenvalue weighted by atomic mass is 10.0. The lowest BCUT2D eigenvalue weighted by Crippen LogP contribution is -2.45. The Morgan fingerprint density at radius 1 is 1.56 bits per heavy atom. The van der Waals surface area contributed by atoms with Gasteiger partial charge in [0.25, 0.3) is 10.2 Å². The van der Waals surface area contributed by atoms with Gasteiger partial charge in [0.05, 0.1) is 12.8 Å². The average molecular weight is 272 g/mol. The Hall–Kier alpha value is -0.850. The van der Waals surface area contributed by atoms with Crippen LogP contribution in [0.1, 0.15) is 25.5 Å². The molecule has 1 saturated heterocycles. The maximum Gasteiger partial charge on any atom is 0.282 e. The summed E-state index contributed by atoms with van der Waals surface area (Å²) in [5.41, 5.74) is 0. The molecule has 0 bridgehead atoms. The first kappa shape index (κ1) is 13.6. The molecule has 2 heterocycles. The Morgan fingerprint density at radius 3 is 2.94 bits per heavy atom. The molecule has 0 amide bonds. The highest BCUT2D eigenvalue weighted by Crippen LogP contribution is 2.20. The number of hydrogen-bond donors (Lipinski definition) is 0. The molecule has 1 aromatic heterocycles. The largest absolute Gasteiger partial charge is 0.468 e. The lowest BCUT2D eigenvalue weighted by molar-refractivity contribution is 0.260. The van der Waals surface area contributed by atoms with Gasteiger partial charge >= 0.3 is 0 Å². The molecule has 1 aromatic rings. The van der Waals surface area contributed by atoms with Crippen LogP contribution in [-0.2, 0) is 16.8 Å². The lowest BCUT2D eigenvalue weighted by Gasteiger charge is -2.32. The molecule has 1 aliphatic rings. The van der Waals surface area contributed by atoms with Crippen LogP contribution in [0.25, 0.3) is 0 Å². The topological polar surface area (TPSA) is 53.8 Å². The molecule has 5 nitrogen and oxygen atoms in total. The molecular formula is C12H20N2O3S. The van der Waals surface area contributed by atoms with Crippen molar-refractivity contribution in [1.29, 1.82) is 0 Å². The van der Waals surface area contributed by atoms with Crippen molar-refractivity contribution in [3.05, 3.63) is 24.2 Å². The monoisotopic (exact) mass is 272 g/mol. The highest BCUT2D eigenvalue weighted by atomic mass is 32.2. The molecule has 0 unspecified atom stereocenters. The summed E-state index contributed by atoms with van der Waals surface area (Å²) in [5, 5.41) is 0. The van der Waals surface area contributed by atoms with E-state index in [9.17, 15) is 8.42 Å². The summed E-state index contributed by atoms with van der Waals surface area (Å²) in [4.78, 5) is 0. The van der Waals surface area contributed by atoms with Crippen molar-refractivity contribution < 1.29 is 12.8 Å². The van der Waals surface area contributed by atoms with Crippen LogP contribution >= 0.6 is 0 Å². The SMILES string of the molecule is C[C@H]1CCCN(S(=O)(=O)N(C)Cc2ccco2)C1. The van der Waals surface area contributed by atoms with Crippen LogP contribution in [0.2, 0.25) is 0 Å². The Kier molecular flexibility index (Phi) is 4.09. The number of furan rings is 1. The van der Waals surface area contributed by atoms with Gasteiger partial charge in [0.15, 0.2) is 0 Å². The summed E-state index contributed by atoms with van der Waals surface area (Å²) in [6.45, 7) is 3.61. The third kappa shape index (κ3) is 2.93. The molecule has 0 radical (unpaired) electrons. The van der Waals surface area contributed by atoms with Gasteiger partial charge in [-0.25, -0.2) is 0 Å². The molecular weight excluding hydrogens is 252 g/mol. The van der Waals surface area contributed by atoms with E-state index in [1.807, 2.05) is 0 Å². The maximum atomic E-state index is 12.4. The zero-order valence-electron chi connectivity index (χ0n) is 10.9. The van der Waals surface area contributed by atoms with E-state index >= 15 is 0 Å². The molecule has 18 heavy (non-hydrogen) atoms. The molecule has 1 aliphatic heterocycles. The number of rotatable bonds is 4. The minimum absolute atomic E-state index is 0.278. The van der Waals surface area contributed by atoms with E-state index in [4.69, 9.17) is 4.42 Å². The minimum atomic E-state index is -3.36. The van der Waals surface area contributed by atoms with Crippen molar-refractivity contribution in [2.75, 3.05) is 20.1 Å². The summed E-state index contributed by atoms with van der Waals surface area (Å²) in [5.74, 6) is 1.09. The normalized spacial score (nSPS) is 22.5. The van der Waals surface area contributed by atoms with E-state index < -0.39 is 10.2 Å². The highest BCUT2D eigenvalue weighted by molar-refractivity contribution is 7.86. The van der Waals surface area contributed by atoms with E-state index in [1.54, 1.807) is 29.7 Å². The van der Waals surface area contributed by atoms with Gasteiger partial charge in [0.2, 0.25) is 0 Å². The Balaban J connectivity index is 2.05. The van der Waals surface area contributed by atoms with E-state index in [0.29, 0.717) is 24.8 Å². The first-order valence-electron chi connectivity index (χ1n) is 6.24. The fourth-order valence-electron chi connectivity index (χ4n) is 2.26. The zero-order valence-corrected chi connectivity index (χ0v) is 11.7. The quantitative estimate of drug-likeness (QED) is 0.838. The van der Waals surface area contributed by atoms with Crippen molar-refractivity contribution in [3.63, 3.8) is 0 Å². The molecule has 0 aromatic carbocycles. The third-order valence-electron chi connectivity index (χ3n) is 3.30. The predicted octanol–water partition coefficient (Wildman–Crippen LogP) is 1.69. The molecule has 0 N–H and O–H groups in total. The Morgan fingerprint density at radius 2 is 2.33 bits per heavy atom. The summed E-state index contributed by atoms with van der Waals surface area (Å²) in [7, 11) is -1.77. The smallest absolute Gasteiger partial charge is 0.282 e. The number of hydrogen-bond acceptors (Lipinski definition) is 3. The molecule has 1 atom stereocenters. The summed E-state index contributed by atoms with van der Waals surface area (Å²) in [6.07, 6.45) is 3.60. The van der Waals surface area contributed by atoms with Crippen molar-refractivity contribution in [2.45, 2.75) is 26.3 Å². The standard InChI is InChI=1S/C12H20N2O3S/c1-11-5-3-7-14(9-11)18(15,16)13(2)10-12-6-4-8-17-12/h4,6,8,11H,3,5,7,9-10H2,1-2H3/t11-/m0/s1. The van der Waals surface area contributed by atoms with E-state index in [1.165, 1.54) is 4.31 Å². The van der Waals surface area contributed by atoms with Crippen LogP contribution in [0.15, 0.2) is 22.8 Å². The van der Waals surface area contributed by atoms with Crippen molar-refractivity contribution in [1.82, 2.24) is 8.61 Å². The van der Waals surface area contributed by atoms with Crippen LogP contribution in [-0.4, -0.2) is 37.2 Å². The van der Waals surface area contributed by atoms with E-state index in [-0.39, 0.29) is 6.54 Å². The molecule has 0 spiro atoms. The summed E-state index contributed by atoms with van der Waals surface area (Å²) >= 11 is 0. The third-order valence-corrected chi connectivity index (χ3v) is 5.20. The maximum absolute atomic E-state index is 12.4. The molecule has 1 fully saturated rings. The average Bonchev–Trinajstić information content (AvgIpc) is 2.81. The summed E-state index contributed by atoms with van der Waals surface area (Å²) < 4.78 is 32.8. The first-order chi connectivity index (χ1) is 8.50.